The minimum Gasteiger partial charge on any atom is -0.345 e. The highest BCUT2D eigenvalue weighted by Gasteiger charge is 2.41. The van der Waals surface area contributed by atoms with E-state index in [-0.39, 0.29) is 5.91 Å². The molecule has 2 atom stereocenters. The molecular weight excluding hydrogens is 276 g/mol. The summed E-state index contributed by atoms with van der Waals surface area (Å²) in [6.45, 7) is 2.90. The fraction of sp³-hybridized carbons (Fsp3) is 0.412. The summed E-state index contributed by atoms with van der Waals surface area (Å²) in [5.74, 6) is 1.58. The molecule has 3 heterocycles. The Hall–Kier alpha value is -2.14. The Kier molecular flexibility index (Phi) is 3.22. The normalized spacial score (nSPS) is 24.7. The summed E-state index contributed by atoms with van der Waals surface area (Å²) in [5, 5.41) is 0. The molecule has 22 heavy (non-hydrogen) atoms. The molecule has 1 amide bonds. The smallest absolute Gasteiger partial charge is 0.253 e. The maximum absolute atomic E-state index is 12.8. The fourth-order valence-electron chi connectivity index (χ4n) is 3.74. The van der Waals surface area contributed by atoms with Gasteiger partial charge in [-0.1, -0.05) is 12.1 Å². The first-order valence-electron chi connectivity index (χ1n) is 7.82. The second kappa shape index (κ2) is 5.25. The third-order valence-electron chi connectivity index (χ3n) is 4.99. The van der Waals surface area contributed by atoms with Gasteiger partial charge in [0.1, 0.15) is 5.82 Å². The number of aromatic nitrogens is 2. The second-order valence-corrected chi connectivity index (χ2v) is 6.33. The topological polar surface area (TPSA) is 52.2 Å². The van der Waals surface area contributed by atoms with E-state index >= 15 is 0 Å². The van der Waals surface area contributed by atoms with Crippen LogP contribution in [-0.4, -0.2) is 58.4 Å². The summed E-state index contributed by atoms with van der Waals surface area (Å²) < 4.78 is 0. The van der Waals surface area contributed by atoms with E-state index in [1.165, 1.54) is 6.42 Å². The molecule has 0 bridgehead atoms. The molecule has 4 rings (SSSR count). The number of hydrogen-bond donors (Lipinski definition) is 1. The molecule has 0 radical (unpaired) electrons. The zero-order valence-electron chi connectivity index (χ0n) is 12.7. The zero-order valence-corrected chi connectivity index (χ0v) is 12.7. The molecule has 0 aliphatic carbocycles. The number of hydrogen-bond acceptors (Lipinski definition) is 3. The van der Waals surface area contributed by atoms with Crippen molar-refractivity contribution in [3.63, 3.8) is 0 Å². The van der Waals surface area contributed by atoms with Crippen LogP contribution in [0.3, 0.4) is 0 Å². The molecule has 2 aliphatic heterocycles. The predicted octanol–water partition coefficient (Wildman–Crippen LogP) is 1.85. The van der Waals surface area contributed by atoms with Gasteiger partial charge in [0.05, 0.1) is 0 Å². The highest BCUT2D eigenvalue weighted by atomic mass is 16.2. The minimum atomic E-state index is 0.135. The van der Waals surface area contributed by atoms with E-state index in [9.17, 15) is 4.79 Å². The van der Waals surface area contributed by atoms with Crippen LogP contribution >= 0.6 is 0 Å². The van der Waals surface area contributed by atoms with Crippen molar-refractivity contribution >= 4 is 5.91 Å². The Morgan fingerprint density at radius 2 is 2.27 bits per heavy atom. The van der Waals surface area contributed by atoms with Gasteiger partial charge in [-0.2, -0.15) is 0 Å². The van der Waals surface area contributed by atoms with Crippen molar-refractivity contribution in [3.05, 3.63) is 42.2 Å². The number of imidazole rings is 1. The van der Waals surface area contributed by atoms with Gasteiger partial charge in [0.25, 0.3) is 5.91 Å². The van der Waals surface area contributed by atoms with Crippen molar-refractivity contribution in [2.75, 3.05) is 26.7 Å². The molecule has 0 unspecified atom stereocenters. The number of fused-ring (bicyclic) bond motifs is 1. The van der Waals surface area contributed by atoms with Crippen LogP contribution in [0.2, 0.25) is 0 Å². The largest absolute Gasteiger partial charge is 0.345 e. The average Bonchev–Trinajstić information content (AvgIpc) is 3.25. The van der Waals surface area contributed by atoms with E-state index in [0.29, 0.717) is 12.0 Å². The number of amides is 1. The Labute approximate surface area is 130 Å². The SMILES string of the molecule is CN1CC[C@@H]2CN(C(=O)c3cccc(-c4ncc[nH]4)c3)C[C@@H]21. The van der Waals surface area contributed by atoms with Crippen LogP contribution in [0.4, 0.5) is 0 Å². The van der Waals surface area contributed by atoms with E-state index in [0.717, 1.165) is 36.6 Å². The molecule has 114 valence electrons. The summed E-state index contributed by atoms with van der Waals surface area (Å²) in [6, 6.07) is 8.26. The fourth-order valence-corrected chi connectivity index (χ4v) is 3.74. The number of aromatic amines is 1. The van der Waals surface area contributed by atoms with Crippen LogP contribution in [-0.2, 0) is 0 Å². The Morgan fingerprint density at radius 3 is 3.05 bits per heavy atom. The first-order valence-corrected chi connectivity index (χ1v) is 7.82. The lowest BCUT2D eigenvalue weighted by atomic mass is 10.1. The maximum Gasteiger partial charge on any atom is 0.253 e. The van der Waals surface area contributed by atoms with Crippen LogP contribution in [0.5, 0.6) is 0 Å². The minimum absolute atomic E-state index is 0.135. The Balaban J connectivity index is 1.55. The van der Waals surface area contributed by atoms with Crippen molar-refractivity contribution in [3.8, 4) is 11.4 Å². The van der Waals surface area contributed by atoms with Gasteiger partial charge >= 0.3 is 0 Å². The van der Waals surface area contributed by atoms with Crippen molar-refractivity contribution in [1.29, 1.82) is 0 Å². The summed E-state index contributed by atoms with van der Waals surface area (Å²) >= 11 is 0. The van der Waals surface area contributed by atoms with E-state index in [1.54, 1.807) is 12.4 Å². The average molecular weight is 296 g/mol. The van der Waals surface area contributed by atoms with E-state index in [1.807, 2.05) is 29.2 Å². The van der Waals surface area contributed by atoms with Crippen LogP contribution in [0.1, 0.15) is 16.8 Å². The molecule has 2 saturated heterocycles. The molecule has 0 spiro atoms. The predicted molar refractivity (Wildman–Crippen MR) is 84.5 cm³/mol. The highest BCUT2D eigenvalue weighted by molar-refractivity contribution is 5.95. The van der Waals surface area contributed by atoms with E-state index in [4.69, 9.17) is 0 Å². The van der Waals surface area contributed by atoms with Gasteiger partial charge in [-0.05, 0) is 38.1 Å². The number of H-pyrrole nitrogens is 1. The number of nitrogens with zero attached hydrogens (tertiary/aromatic N) is 3. The lowest BCUT2D eigenvalue weighted by molar-refractivity contribution is 0.0774. The second-order valence-electron chi connectivity index (χ2n) is 6.33. The number of benzene rings is 1. The van der Waals surface area contributed by atoms with Gasteiger partial charge < -0.3 is 14.8 Å². The highest BCUT2D eigenvalue weighted by Crippen LogP contribution is 2.31. The summed E-state index contributed by atoms with van der Waals surface area (Å²) in [7, 11) is 2.16. The summed E-state index contributed by atoms with van der Waals surface area (Å²) in [6.07, 6.45) is 4.72. The maximum atomic E-state index is 12.8. The molecule has 5 nitrogen and oxygen atoms in total. The molecule has 2 fully saturated rings. The van der Waals surface area contributed by atoms with Crippen molar-refractivity contribution in [2.24, 2.45) is 5.92 Å². The summed E-state index contributed by atoms with van der Waals surface area (Å²) in [4.78, 5) is 24.5. The van der Waals surface area contributed by atoms with Gasteiger partial charge in [0.2, 0.25) is 0 Å². The number of carbonyl (C=O) groups excluding carboxylic acids is 1. The molecule has 5 heteroatoms. The standard InChI is InChI=1S/C17H20N4O/c1-20-8-5-14-10-21(11-15(14)20)17(22)13-4-2-3-12(9-13)16-18-6-7-19-16/h2-4,6-7,9,14-15H,5,8,10-11H2,1H3,(H,18,19)/t14-,15+/m1/s1. The van der Waals surface area contributed by atoms with Gasteiger partial charge in [0, 0.05) is 42.7 Å². The monoisotopic (exact) mass is 296 g/mol. The van der Waals surface area contributed by atoms with Crippen LogP contribution in [0, 0.1) is 5.92 Å². The lowest BCUT2D eigenvalue weighted by Crippen LogP contribution is -2.35. The first-order chi connectivity index (χ1) is 10.7. The quantitative estimate of drug-likeness (QED) is 0.920. The van der Waals surface area contributed by atoms with E-state index in [2.05, 4.69) is 21.9 Å². The molecule has 1 aromatic carbocycles. The van der Waals surface area contributed by atoms with Crippen LogP contribution < -0.4 is 0 Å². The Bertz CT molecular complexity index is 682. The van der Waals surface area contributed by atoms with Crippen molar-refractivity contribution in [1.82, 2.24) is 19.8 Å². The number of likely N-dealkylation sites (tertiary alicyclic amines) is 2. The van der Waals surface area contributed by atoms with E-state index < -0.39 is 0 Å². The van der Waals surface area contributed by atoms with Gasteiger partial charge in [-0.3, -0.25) is 4.79 Å². The Morgan fingerprint density at radius 1 is 1.36 bits per heavy atom. The number of nitrogens with one attached hydrogen (secondary N) is 1. The lowest BCUT2D eigenvalue weighted by Gasteiger charge is -2.21. The third kappa shape index (κ3) is 2.22. The van der Waals surface area contributed by atoms with Gasteiger partial charge in [-0.25, -0.2) is 4.98 Å². The molecule has 2 aromatic rings. The summed E-state index contributed by atoms with van der Waals surface area (Å²) in [5.41, 5.74) is 1.70. The molecular formula is C17H20N4O. The molecule has 2 aliphatic rings. The molecule has 0 saturated carbocycles. The van der Waals surface area contributed by atoms with Gasteiger partial charge in [0.15, 0.2) is 0 Å². The number of rotatable bonds is 2. The van der Waals surface area contributed by atoms with Crippen LogP contribution in [0.25, 0.3) is 11.4 Å². The first kappa shape index (κ1) is 13.5. The zero-order chi connectivity index (χ0) is 15.1. The van der Waals surface area contributed by atoms with Crippen LogP contribution in [0.15, 0.2) is 36.7 Å². The van der Waals surface area contributed by atoms with Gasteiger partial charge in [-0.15, -0.1) is 0 Å². The van der Waals surface area contributed by atoms with Crippen molar-refractivity contribution in [2.45, 2.75) is 12.5 Å². The van der Waals surface area contributed by atoms with Crippen molar-refractivity contribution < 1.29 is 4.79 Å². The molecule has 1 N–H and O–H groups in total. The number of likely N-dealkylation sites (N-methyl/N-ethyl adjacent to an activating group) is 1. The third-order valence-corrected chi connectivity index (χ3v) is 4.99. The number of carbonyl (C=O) groups is 1. The molecule has 1 aromatic heterocycles.